The zero-order valence-electron chi connectivity index (χ0n) is 11.0. The Hall–Kier alpha value is -1.82. The van der Waals surface area contributed by atoms with Gasteiger partial charge in [0.2, 0.25) is 0 Å². The van der Waals surface area contributed by atoms with Crippen LogP contribution in [0.25, 0.3) is 5.57 Å². The molecule has 0 bridgehead atoms. The van der Waals surface area contributed by atoms with Gasteiger partial charge in [0.05, 0.1) is 7.11 Å². The predicted molar refractivity (Wildman–Crippen MR) is 75.4 cm³/mol. The lowest BCUT2D eigenvalue weighted by Crippen LogP contribution is -2.20. The van der Waals surface area contributed by atoms with E-state index in [0.717, 1.165) is 5.56 Å². The fourth-order valence-electron chi connectivity index (χ4n) is 1.88. The first-order valence-corrected chi connectivity index (χ1v) is 6.70. The highest BCUT2D eigenvalue weighted by atomic mass is 79.9. The van der Waals surface area contributed by atoms with Crippen LogP contribution < -0.4 is 4.74 Å². The molecule has 20 heavy (non-hydrogen) atoms. The molecular formula is C14H13BrO5. The van der Waals surface area contributed by atoms with E-state index >= 15 is 0 Å². The molecule has 106 valence electrons. The van der Waals surface area contributed by atoms with Crippen molar-refractivity contribution in [1.29, 1.82) is 0 Å². The third-order valence-corrected chi connectivity index (χ3v) is 3.58. The molecule has 0 amide bonds. The first-order chi connectivity index (χ1) is 9.52. The Bertz CT molecular complexity index is 561. The molecule has 0 spiro atoms. The second-order valence-electron chi connectivity index (χ2n) is 4.15. The van der Waals surface area contributed by atoms with Crippen LogP contribution in [-0.2, 0) is 19.1 Å². The quantitative estimate of drug-likeness (QED) is 0.787. The summed E-state index contributed by atoms with van der Waals surface area (Å²) in [5.41, 5.74) is 1.47. The number of ether oxygens (including phenoxy) is 3. The van der Waals surface area contributed by atoms with Gasteiger partial charge in [-0.25, -0.2) is 4.79 Å². The Labute approximate surface area is 124 Å². The SMILES string of the molecule is COc1ccc(C2=C(Br)C(=O)OC2COC(C)=O)cc1. The van der Waals surface area contributed by atoms with E-state index in [9.17, 15) is 9.59 Å². The smallest absolute Gasteiger partial charge is 0.346 e. The molecule has 1 aliphatic heterocycles. The number of hydrogen-bond donors (Lipinski definition) is 0. The van der Waals surface area contributed by atoms with E-state index in [4.69, 9.17) is 14.2 Å². The van der Waals surface area contributed by atoms with Crippen molar-refractivity contribution in [1.82, 2.24) is 0 Å². The average Bonchev–Trinajstić information content (AvgIpc) is 2.72. The highest BCUT2D eigenvalue weighted by Gasteiger charge is 2.34. The molecule has 0 N–H and O–H groups in total. The summed E-state index contributed by atoms with van der Waals surface area (Å²) in [6.45, 7) is 1.31. The van der Waals surface area contributed by atoms with Crippen LogP contribution in [0.4, 0.5) is 0 Å². The second-order valence-corrected chi connectivity index (χ2v) is 4.95. The molecule has 0 saturated heterocycles. The number of carbonyl (C=O) groups is 2. The summed E-state index contributed by atoms with van der Waals surface area (Å²) in [6, 6.07) is 7.21. The van der Waals surface area contributed by atoms with Crippen LogP contribution >= 0.6 is 15.9 Å². The summed E-state index contributed by atoms with van der Waals surface area (Å²) in [5, 5.41) is 0. The van der Waals surface area contributed by atoms with Crippen LogP contribution in [0.5, 0.6) is 5.75 Å². The molecule has 0 saturated carbocycles. The predicted octanol–water partition coefficient (Wildman–Crippen LogP) is 2.29. The van der Waals surface area contributed by atoms with Crippen LogP contribution in [0, 0.1) is 0 Å². The maximum absolute atomic E-state index is 11.6. The normalized spacial score (nSPS) is 17.9. The molecule has 0 fully saturated rings. The zero-order valence-corrected chi connectivity index (χ0v) is 12.6. The summed E-state index contributed by atoms with van der Waals surface area (Å²) >= 11 is 3.22. The van der Waals surface area contributed by atoms with E-state index in [2.05, 4.69) is 15.9 Å². The van der Waals surface area contributed by atoms with E-state index in [1.807, 2.05) is 12.1 Å². The maximum atomic E-state index is 11.6. The first kappa shape index (κ1) is 14.6. The van der Waals surface area contributed by atoms with Gasteiger partial charge >= 0.3 is 11.9 Å². The van der Waals surface area contributed by atoms with Gasteiger partial charge in [-0.05, 0) is 33.6 Å². The molecule has 6 heteroatoms. The van der Waals surface area contributed by atoms with E-state index in [0.29, 0.717) is 15.8 Å². The number of halogens is 1. The Kier molecular flexibility index (Phi) is 4.44. The lowest BCUT2D eigenvalue weighted by atomic mass is 10.0. The summed E-state index contributed by atoms with van der Waals surface area (Å²) in [6.07, 6.45) is -0.603. The molecule has 2 rings (SSSR count). The van der Waals surface area contributed by atoms with E-state index in [1.165, 1.54) is 6.92 Å². The van der Waals surface area contributed by atoms with Gasteiger partial charge in [0, 0.05) is 12.5 Å². The zero-order chi connectivity index (χ0) is 14.7. The Balaban J connectivity index is 2.28. The summed E-state index contributed by atoms with van der Waals surface area (Å²) in [4.78, 5) is 22.5. The number of esters is 2. The summed E-state index contributed by atoms with van der Waals surface area (Å²) < 4.78 is 15.5. The van der Waals surface area contributed by atoms with Gasteiger partial charge in [-0.2, -0.15) is 0 Å². The first-order valence-electron chi connectivity index (χ1n) is 5.91. The minimum absolute atomic E-state index is 0.00244. The number of benzene rings is 1. The van der Waals surface area contributed by atoms with Crippen LogP contribution in [0.2, 0.25) is 0 Å². The van der Waals surface area contributed by atoms with Crippen LogP contribution in [0.1, 0.15) is 12.5 Å². The second kappa shape index (κ2) is 6.09. The third-order valence-electron chi connectivity index (χ3n) is 2.83. The van der Waals surface area contributed by atoms with Gasteiger partial charge in [0.25, 0.3) is 0 Å². The van der Waals surface area contributed by atoms with Crippen LogP contribution in [0.15, 0.2) is 28.7 Å². The molecule has 0 aromatic heterocycles. The van der Waals surface area contributed by atoms with Crippen molar-refractivity contribution in [3.63, 3.8) is 0 Å². The Morgan fingerprint density at radius 3 is 2.55 bits per heavy atom. The highest BCUT2D eigenvalue weighted by molar-refractivity contribution is 9.12. The number of carbonyl (C=O) groups excluding carboxylic acids is 2. The number of methoxy groups -OCH3 is 1. The summed E-state index contributed by atoms with van der Waals surface area (Å²) in [5.74, 6) is -0.168. The fourth-order valence-corrected chi connectivity index (χ4v) is 2.46. The molecule has 1 atom stereocenters. The van der Waals surface area contributed by atoms with Gasteiger partial charge in [0.1, 0.15) is 16.8 Å². The van der Waals surface area contributed by atoms with Crippen molar-refractivity contribution >= 4 is 33.4 Å². The lowest BCUT2D eigenvalue weighted by Gasteiger charge is -2.14. The molecule has 0 aliphatic carbocycles. The van der Waals surface area contributed by atoms with E-state index in [1.54, 1.807) is 19.2 Å². The van der Waals surface area contributed by atoms with Gasteiger partial charge in [-0.1, -0.05) is 12.1 Å². The fraction of sp³-hybridized carbons (Fsp3) is 0.286. The van der Waals surface area contributed by atoms with Crippen molar-refractivity contribution in [3.05, 3.63) is 34.3 Å². The standard InChI is InChI=1S/C14H13BrO5/c1-8(16)19-7-11-12(13(15)14(17)20-11)9-3-5-10(18-2)6-4-9/h3-6,11H,7H2,1-2H3. The van der Waals surface area contributed by atoms with Gasteiger partial charge in [-0.3, -0.25) is 4.79 Å². The Morgan fingerprint density at radius 1 is 1.35 bits per heavy atom. The van der Waals surface area contributed by atoms with E-state index < -0.39 is 18.0 Å². The van der Waals surface area contributed by atoms with E-state index in [-0.39, 0.29) is 6.61 Å². The number of hydrogen-bond acceptors (Lipinski definition) is 5. The van der Waals surface area contributed by atoms with Gasteiger partial charge in [-0.15, -0.1) is 0 Å². The van der Waals surface area contributed by atoms with Gasteiger partial charge in [0.15, 0.2) is 6.10 Å². The molecule has 1 heterocycles. The van der Waals surface area contributed by atoms with Crippen molar-refractivity contribution in [2.24, 2.45) is 0 Å². The molecule has 5 nitrogen and oxygen atoms in total. The van der Waals surface area contributed by atoms with Crippen LogP contribution in [-0.4, -0.2) is 31.8 Å². The van der Waals surface area contributed by atoms with Crippen molar-refractivity contribution in [2.75, 3.05) is 13.7 Å². The molecule has 1 unspecified atom stereocenters. The van der Waals surface area contributed by atoms with Crippen molar-refractivity contribution in [2.45, 2.75) is 13.0 Å². The minimum Gasteiger partial charge on any atom is -0.497 e. The third kappa shape index (κ3) is 3.01. The molecule has 1 aliphatic rings. The minimum atomic E-state index is -0.603. The number of cyclic esters (lactones) is 1. The molecule has 0 radical (unpaired) electrons. The van der Waals surface area contributed by atoms with Crippen LogP contribution in [0.3, 0.4) is 0 Å². The summed E-state index contributed by atoms with van der Waals surface area (Å²) in [7, 11) is 1.58. The Morgan fingerprint density at radius 2 is 2.00 bits per heavy atom. The largest absolute Gasteiger partial charge is 0.497 e. The lowest BCUT2D eigenvalue weighted by molar-refractivity contribution is -0.149. The topological polar surface area (TPSA) is 61.8 Å². The maximum Gasteiger partial charge on any atom is 0.346 e. The molecule has 1 aromatic carbocycles. The molecular weight excluding hydrogens is 328 g/mol. The monoisotopic (exact) mass is 340 g/mol. The van der Waals surface area contributed by atoms with Crippen molar-refractivity contribution < 1.29 is 23.8 Å². The van der Waals surface area contributed by atoms with Gasteiger partial charge < -0.3 is 14.2 Å². The average molecular weight is 341 g/mol. The van der Waals surface area contributed by atoms with Crippen molar-refractivity contribution in [3.8, 4) is 5.75 Å². The highest BCUT2D eigenvalue weighted by Crippen LogP contribution is 2.35. The number of rotatable bonds is 4. The molecule has 1 aromatic rings.